The van der Waals surface area contributed by atoms with Crippen LogP contribution in [0.15, 0.2) is 24.3 Å². The second-order valence-corrected chi connectivity index (χ2v) is 3.11. The third-order valence-electron chi connectivity index (χ3n) is 2.24. The van der Waals surface area contributed by atoms with Crippen LogP contribution in [0.5, 0.6) is 5.75 Å². The van der Waals surface area contributed by atoms with E-state index in [1.165, 1.54) is 13.2 Å². The fourth-order valence-electron chi connectivity index (χ4n) is 1.55. The first-order valence-corrected chi connectivity index (χ1v) is 4.32. The standard InChI is InChI=1S/C11H8O4/c1-15-9-4-2-3-6-10(9)7(12)5-8(13)11(6)14/h2-5,12H,1H3. The number of aliphatic hydroxyl groups excluding tert-OH is 1. The lowest BCUT2D eigenvalue weighted by molar-refractivity contribution is -0.111. The molecular weight excluding hydrogens is 196 g/mol. The van der Waals surface area contributed by atoms with E-state index in [1.54, 1.807) is 12.1 Å². The highest BCUT2D eigenvalue weighted by Gasteiger charge is 2.27. The minimum Gasteiger partial charge on any atom is -0.507 e. The van der Waals surface area contributed by atoms with Gasteiger partial charge in [-0.25, -0.2) is 0 Å². The number of fused-ring (bicyclic) bond motifs is 1. The molecule has 0 heterocycles. The third kappa shape index (κ3) is 1.30. The first-order chi connectivity index (χ1) is 7.15. The second kappa shape index (κ2) is 3.24. The zero-order chi connectivity index (χ0) is 11.0. The van der Waals surface area contributed by atoms with Crippen molar-refractivity contribution in [3.63, 3.8) is 0 Å². The van der Waals surface area contributed by atoms with Crippen molar-refractivity contribution in [3.05, 3.63) is 35.4 Å². The van der Waals surface area contributed by atoms with Gasteiger partial charge >= 0.3 is 0 Å². The fraction of sp³-hybridized carbons (Fsp3) is 0.0909. The first kappa shape index (κ1) is 9.45. The molecule has 0 aliphatic heterocycles. The summed E-state index contributed by atoms with van der Waals surface area (Å²) < 4.78 is 5.00. The Kier molecular flexibility index (Phi) is 2.04. The summed E-state index contributed by atoms with van der Waals surface area (Å²) >= 11 is 0. The number of hydrogen-bond acceptors (Lipinski definition) is 4. The van der Waals surface area contributed by atoms with Crippen LogP contribution in [0.1, 0.15) is 15.9 Å². The van der Waals surface area contributed by atoms with Crippen LogP contribution in [0.25, 0.3) is 5.76 Å². The van der Waals surface area contributed by atoms with Crippen molar-refractivity contribution in [2.75, 3.05) is 7.11 Å². The quantitative estimate of drug-likeness (QED) is 0.701. The van der Waals surface area contributed by atoms with Crippen molar-refractivity contribution in [3.8, 4) is 5.75 Å². The minimum atomic E-state index is -0.715. The van der Waals surface area contributed by atoms with Crippen molar-refractivity contribution in [1.29, 1.82) is 0 Å². The number of aliphatic hydroxyl groups is 1. The monoisotopic (exact) mass is 204 g/mol. The molecule has 4 nitrogen and oxygen atoms in total. The topological polar surface area (TPSA) is 63.6 Å². The Labute approximate surface area is 85.8 Å². The van der Waals surface area contributed by atoms with Crippen molar-refractivity contribution in [2.45, 2.75) is 0 Å². The molecule has 0 bridgehead atoms. The molecule has 0 spiro atoms. The maximum absolute atomic E-state index is 11.5. The number of ether oxygens (including phenoxy) is 1. The van der Waals surface area contributed by atoms with E-state index in [0.717, 1.165) is 6.08 Å². The number of hydrogen-bond donors (Lipinski definition) is 1. The summed E-state index contributed by atoms with van der Waals surface area (Å²) in [5.41, 5.74) is 0.462. The molecule has 1 aliphatic rings. The van der Waals surface area contributed by atoms with Crippen LogP contribution in [0.4, 0.5) is 0 Å². The average molecular weight is 204 g/mol. The molecule has 1 N–H and O–H groups in total. The van der Waals surface area contributed by atoms with Gasteiger partial charge in [0.1, 0.15) is 11.5 Å². The van der Waals surface area contributed by atoms with E-state index >= 15 is 0 Å². The van der Waals surface area contributed by atoms with E-state index in [-0.39, 0.29) is 16.9 Å². The summed E-state index contributed by atoms with van der Waals surface area (Å²) in [6.45, 7) is 0. The average Bonchev–Trinajstić information content (AvgIpc) is 2.25. The van der Waals surface area contributed by atoms with E-state index in [0.29, 0.717) is 5.75 Å². The molecule has 0 fully saturated rings. The Morgan fingerprint density at radius 1 is 1.27 bits per heavy atom. The summed E-state index contributed by atoms with van der Waals surface area (Å²) in [4.78, 5) is 22.6. The predicted molar refractivity (Wildman–Crippen MR) is 52.9 cm³/mol. The molecule has 0 atom stereocenters. The van der Waals surface area contributed by atoms with Crippen LogP contribution in [0.3, 0.4) is 0 Å². The highest BCUT2D eigenvalue weighted by atomic mass is 16.5. The van der Waals surface area contributed by atoms with E-state index in [9.17, 15) is 14.7 Å². The molecular formula is C11H8O4. The highest BCUT2D eigenvalue weighted by molar-refractivity contribution is 6.50. The molecule has 0 radical (unpaired) electrons. The number of carbonyl (C=O) groups excluding carboxylic acids is 2. The molecule has 1 aromatic rings. The number of benzene rings is 1. The van der Waals surface area contributed by atoms with Gasteiger partial charge in [-0.2, -0.15) is 0 Å². The molecule has 0 saturated carbocycles. The van der Waals surface area contributed by atoms with Crippen molar-refractivity contribution in [2.24, 2.45) is 0 Å². The number of methoxy groups -OCH3 is 1. The maximum atomic E-state index is 11.5. The summed E-state index contributed by atoms with van der Waals surface area (Å²) in [7, 11) is 1.43. The Balaban J connectivity index is 2.74. The van der Waals surface area contributed by atoms with E-state index < -0.39 is 11.6 Å². The first-order valence-electron chi connectivity index (χ1n) is 4.32. The molecule has 0 unspecified atom stereocenters. The molecule has 4 heteroatoms. The lowest BCUT2D eigenvalue weighted by Gasteiger charge is -2.14. The van der Waals surface area contributed by atoms with E-state index in [2.05, 4.69) is 0 Å². The number of rotatable bonds is 1. The lowest BCUT2D eigenvalue weighted by atomic mass is 9.93. The lowest BCUT2D eigenvalue weighted by Crippen LogP contribution is -2.19. The number of carbonyl (C=O) groups is 2. The molecule has 0 amide bonds. The number of allylic oxidation sites excluding steroid dienone is 1. The maximum Gasteiger partial charge on any atom is 0.233 e. The summed E-state index contributed by atoms with van der Waals surface area (Å²) in [6.07, 6.45) is 0.910. The van der Waals surface area contributed by atoms with Crippen LogP contribution >= 0.6 is 0 Å². The van der Waals surface area contributed by atoms with Gasteiger partial charge in [-0.05, 0) is 12.1 Å². The Hall–Kier alpha value is -2.10. The summed E-state index contributed by atoms with van der Waals surface area (Å²) in [5.74, 6) is -1.19. The highest BCUT2D eigenvalue weighted by Crippen LogP contribution is 2.31. The van der Waals surface area contributed by atoms with Crippen LogP contribution in [-0.2, 0) is 4.79 Å². The van der Waals surface area contributed by atoms with Crippen molar-refractivity contribution >= 4 is 17.3 Å². The zero-order valence-electron chi connectivity index (χ0n) is 7.98. The van der Waals surface area contributed by atoms with Gasteiger partial charge in [0, 0.05) is 11.6 Å². The van der Waals surface area contributed by atoms with E-state index in [4.69, 9.17) is 4.74 Å². The molecule has 0 aromatic heterocycles. The third-order valence-corrected chi connectivity index (χ3v) is 2.24. The second-order valence-electron chi connectivity index (χ2n) is 3.11. The SMILES string of the molecule is COc1cccc2c1C(O)=CC(=O)C2=O. The molecule has 15 heavy (non-hydrogen) atoms. The number of ketones is 2. The molecule has 76 valence electrons. The summed E-state index contributed by atoms with van der Waals surface area (Å²) in [6, 6.07) is 4.70. The Bertz CT molecular complexity index is 485. The smallest absolute Gasteiger partial charge is 0.233 e. The molecule has 1 aliphatic carbocycles. The van der Waals surface area contributed by atoms with Crippen LogP contribution in [0.2, 0.25) is 0 Å². The van der Waals surface area contributed by atoms with Gasteiger partial charge in [-0.3, -0.25) is 9.59 Å². The van der Waals surface area contributed by atoms with Gasteiger partial charge in [0.05, 0.1) is 12.7 Å². The van der Waals surface area contributed by atoms with Gasteiger partial charge in [-0.15, -0.1) is 0 Å². The summed E-state index contributed by atoms with van der Waals surface area (Å²) in [5, 5.41) is 9.57. The minimum absolute atomic E-state index is 0.180. The van der Waals surface area contributed by atoms with Gasteiger partial charge in [0.25, 0.3) is 0 Å². The normalized spacial score (nSPS) is 14.6. The van der Waals surface area contributed by atoms with Crippen LogP contribution in [-0.4, -0.2) is 23.8 Å². The van der Waals surface area contributed by atoms with Crippen LogP contribution < -0.4 is 4.74 Å². The van der Waals surface area contributed by atoms with Crippen molar-refractivity contribution in [1.82, 2.24) is 0 Å². The van der Waals surface area contributed by atoms with Gasteiger partial charge in [-0.1, -0.05) is 6.07 Å². The van der Waals surface area contributed by atoms with Gasteiger partial charge in [0.15, 0.2) is 0 Å². The van der Waals surface area contributed by atoms with E-state index in [1.807, 2.05) is 0 Å². The largest absolute Gasteiger partial charge is 0.507 e. The fourth-order valence-corrected chi connectivity index (χ4v) is 1.55. The zero-order valence-corrected chi connectivity index (χ0v) is 7.98. The molecule has 1 aromatic carbocycles. The predicted octanol–water partition coefficient (Wildman–Crippen LogP) is 1.36. The van der Waals surface area contributed by atoms with Crippen LogP contribution in [0, 0.1) is 0 Å². The van der Waals surface area contributed by atoms with Gasteiger partial charge in [0.2, 0.25) is 11.6 Å². The molecule has 0 saturated heterocycles. The van der Waals surface area contributed by atoms with Crippen molar-refractivity contribution < 1.29 is 19.4 Å². The molecule has 2 rings (SSSR count). The Morgan fingerprint density at radius 2 is 2.00 bits per heavy atom. The Morgan fingerprint density at radius 3 is 2.67 bits per heavy atom. The van der Waals surface area contributed by atoms with Gasteiger partial charge < -0.3 is 9.84 Å². The number of Topliss-reactive ketones (excluding diaryl/α,β-unsaturated/α-hetero) is 1.